The number of nitrogens with two attached hydrogens (primary N) is 1. The number of aromatic nitrogens is 2. The summed E-state index contributed by atoms with van der Waals surface area (Å²) in [5.41, 5.74) is 8.48. The van der Waals surface area contributed by atoms with Gasteiger partial charge in [-0.25, -0.2) is 4.68 Å². The van der Waals surface area contributed by atoms with Gasteiger partial charge in [0.25, 0.3) is 5.91 Å². The Morgan fingerprint density at radius 3 is 2.63 bits per heavy atom. The van der Waals surface area contributed by atoms with Crippen molar-refractivity contribution in [3.05, 3.63) is 41.6 Å². The second-order valence-electron chi connectivity index (χ2n) is 7.91. The molecule has 2 heterocycles. The van der Waals surface area contributed by atoms with E-state index in [1.807, 2.05) is 41.9 Å². The molecule has 7 heteroatoms. The van der Waals surface area contributed by atoms with Crippen LogP contribution in [0, 0.1) is 6.92 Å². The molecule has 3 N–H and O–H groups in total. The summed E-state index contributed by atoms with van der Waals surface area (Å²) in [6.45, 7) is 8.80. The van der Waals surface area contributed by atoms with Gasteiger partial charge in [0.2, 0.25) is 0 Å². The van der Waals surface area contributed by atoms with Crippen LogP contribution in [0.1, 0.15) is 44.9 Å². The van der Waals surface area contributed by atoms with E-state index in [1.54, 1.807) is 0 Å². The number of benzene rings is 1. The number of nitrogens with one attached hydrogen (secondary N) is 1. The SMILES string of the molecule is Cc1ccccc1-n1nc(C(C)(C)C)cc1NC(=O)[C@@H]1CC[C@H](CN)O1.Cl. The van der Waals surface area contributed by atoms with Crippen molar-refractivity contribution in [1.82, 2.24) is 9.78 Å². The molecule has 1 amide bonds. The third kappa shape index (κ3) is 4.69. The highest BCUT2D eigenvalue weighted by Gasteiger charge is 2.31. The summed E-state index contributed by atoms with van der Waals surface area (Å²) in [6, 6.07) is 9.94. The molecule has 148 valence electrons. The zero-order valence-electron chi connectivity index (χ0n) is 16.4. The fourth-order valence-electron chi connectivity index (χ4n) is 3.10. The number of amides is 1. The van der Waals surface area contributed by atoms with Crippen LogP contribution in [0.25, 0.3) is 5.69 Å². The van der Waals surface area contributed by atoms with Gasteiger partial charge < -0.3 is 15.8 Å². The first-order valence-electron chi connectivity index (χ1n) is 9.12. The normalized spacial score (nSPS) is 19.6. The van der Waals surface area contributed by atoms with E-state index in [0.29, 0.717) is 18.8 Å². The number of hydrogen-bond donors (Lipinski definition) is 2. The highest BCUT2D eigenvalue weighted by Crippen LogP contribution is 2.28. The number of anilines is 1. The summed E-state index contributed by atoms with van der Waals surface area (Å²) >= 11 is 0. The number of hydrogen-bond acceptors (Lipinski definition) is 4. The second kappa shape index (κ2) is 8.42. The number of carbonyl (C=O) groups is 1. The van der Waals surface area contributed by atoms with E-state index in [2.05, 4.69) is 26.1 Å². The molecule has 0 spiro atoms. The van der Waals surface area contributed by atoms with Crippen LogP contribution in [0.4, 0.5) is 5.82 Å². The Labute approximate surface area is 166 Å². The summed E-state index contributed by atoms with van der Waals surface area (Å²) in [5, 5.41) is 7.78. The van der Waals surface area contributed by atoms with Crippen molar-refractivity contribution in [1.29, 1.82) is 0 Å². The maximum absolute atomic E-state index is 12.7. The topological polar surface area (TPSA) is 82.2 Å². The van der Waals surface area contributed by atoms with Gasteiger partial charge in [-0.05, 0) is 31.4 Å². The lowest BCUT2D eigenvalue weighted by Gasteiger charge is -2.15. The number of para-hydroxylation sites is 1. The maximum atomic E-state index is 12.7. The number of carbonyl (C=O) groups excluding carboxylic acids is 1. The van der Waals surface area contributed by atoms with Gasteiger partial charge in [-0.15, -0.1) is 12.4 Å². The van der Waals surface area contributed by atoms with Gasteiger partial charge in [0.15, 0.2) is 0 Å². The van der Waals surface area contributed by atoms with Crippen molar-refractivity contribution in [2.75, 3.05) is 11.9 Å². The molecule has 1 aliphatic heterocycles. The first-order valence-corrected chi connectivity index (χ1v) is 9.12. The Hall–Kier alpha value is -1.89. The first-order chi connectivity index (χ1) is 12.3. The highest BCUT2D eigenvalue weighted by atomic mass is 35.5. The van der Waals surface area contributed by atoms with Crippen LogP contribution in [-0.2, 0) is 14.9 Å². The summed E-state index contributed by atoms with van der Waals surface area (Å²) in [7, 11) is 0. The third-order valence-electron chi connectivity index (χ3n) is 4.74. The molecule has 27 heavy (non-hydrogen) atoms. The molecule has 6 nitrogen and oxygen atoms in total. The average molecular weight is 393 g/mol. The molecule has 1 saturated heterocycles. The zero-order valence-corrected chi connectivity index (χ0v) is 17.2. The predicted octanol–water partition coefficient (Wildman–Crippen LogP) is 3.34. The van der Waals surface area contributed by atoms with E-state index < -0.39 is 6.10 Å². The van der Waals surface area contributed by atoms with Crippen LogP contribution in [0.3, 0.4) is 0 Å². The van der Waals surface area contributed by atoms with Crippen molar-refractivity contribution in [2.24, 2.45) is 5.73 Å². The molecule has 1 fully saturated rings. The van der Waals surface area contributed by atoms with E-state index in [9.17, 15) is 4.79 Å². The van der Waals surface area contributed by atoms with Crippen LogP contribution in [0.2, 0.25) is 0 Å². The lowest BCUT2D eigenvalue weighted by molar-refractivity contribution is -0.126. The summed E-state index contributed by atoms with van der Waals surface area (Å²) in [5.74, 6) is 0.519. The van der Waals surface area contributed by atoms with E-state index in [4.69, 9.17) is 15.6 Å². The third-order valence-corrected chi connectivity index (χ3v) is 4.74. The average Bonchev–Trinajstić information content (AvgIpc) is 3.22. The zero-order chi connectivity index (χ0) is 18.9. The Balaban J connectivity index is 0.00000261. The fraction of sp³-hybridized carbons (Fsp3) is 0.500. The van der Waals surface area contributed by atoms with E-state index in [-0.39, 0.29) is 29.8 Å². The smallest absolute Gasteiger partial charge is 0.254 e. The lowest BCUT2D eigenvalue weighted by Crippen LogP contribution is -2.30. The Kier molecular flexibility index (Phi) is 6.68. The van der Waals surface area contributed by atoms with E-state index in [1.165, 1.54) is 0 Å². The molecule has 0 bridgehead atoms. The molecule has 2 atom stereocenters. The molecule has 0 aliphatic carbocycles. The predicted molar refractivity (Wildman–Crippen MR) is 110 cm³/mol. The van der Waals surface area contributed by atoms with Gasteiger partial charge in [-0.1, -0.05) is 39.0 Å². The summed E-state index contributed by atoms with van der Waals surface area (Å²) in [4.78, 5) is 12.7. The van der Waals surface area contributed by atoms with Crippen molar-refractivity contribution in [3.63, 3.8) is 0 Å². The van der Waals surface area contributed by atoms with Crippen LogP contribution >= 0.6 is 12.4 Å². The maximum Gasteiger partial charge on any atom is 0.254 e. The molecular weight excluding hydrogens is 364 g/mol. The number of rotatable bonds is 4. The Morgan fingerprint density at radius 2 is 2.04 bits per heavy atom. The van der Waals surface area contributed by atoms with Gasteiger partial charge >= 0.3 is 0 Å². The van der Waals surface area contributed by atoms with E-state index in [0.717, 1.165) is 23.4 Å². The largest absolute Gasteiger partial charge is 0.364 e. The Morgan fingerprint density at radius 1 is 1.33 bits per heavy atom. The monoisotopic (exact) mass is 392 g/mol. The fourth-order valence-corrected chi connectivity index (χ4v) is 3.10. The van der Waals surface area contributed by atoms with Crippen LogP contribution < -0.4 is 11.1 Å². The molecule has 1 aromatic heterocycles. The van der Waals surface area contributed by atoms with Crippen LogP contribution in [-0.4, -0.2) is 34.4 Å². The number of nitrogens with zero attached hydrogens (tertiary/aromatic N) is 2. The minimum atomic E-state index is -0.457. The standard InChI is InChI=1S/C20H28N4O2.ClH/c1-13-7-5-6-8-15(13)24-18(11-17(23-24)20(2,3)4)22-19(25)16-10-9-14(12-21)26-16;/h5-8,11,14,16H,9-10,12,21H2,1-4H3,(H,22,25);1H/t14-,16+;/m1./s1. The highest BCUT2D eigenvalue weighted by molar-refractivity contribution is 5.94. The molecule has 1 aliphatic rings. The quantitative estimate of drug-likeness (QED) is 0.835. The lowest BCUT2D eigenvalue weighted by atomic mass is 9.92. The molecular formula is C20H29ClN4O2. The van der Waals surface area contributed by atoms with Gasteiger partial charge in [-0.3, -0.25) is 4.79 Å². The Bertz CT molecular complexity index is 798. The van der Waals surface area contributed by atoms with Crippen molar-refractivity contribution in [3.8, 4) is 5.69 Å². The van der Waals surface area contributed by atoms with Gasteiger partial charge in [-0.2, -0.15) is 5.10 Å². The molecule has 0 unspecified atom stereocenters. The number of ether oxygens (including phenoxy) is 1. The van der Waals surface area contributed by atoms with Gasteiger partial charge in [0.1, 0.15) is 11.9 Å². The van der Waals surface area contributed by atoms with Crippen LogP contribution in [0.15, 0.2) is 30.3 Å². The molecule has 0 radical (unpaired) electrons. The van der Waals surface area contributed by atoms with Gasteiger partial charge in [0.05, 0.1) is 17.5 Å². The summed E-state index contributed by atoms with van der Waals surface area (Å²) < 4.78 is 7.53. The molecule has 2 aromatic rings. The van der Waals surface area contributed by atoms with Crippen LogP contribution in [0.5, 0.6) is 0 Å². The first kappa shape index (κ1) is 21.4. The minimum Gasteiger partial charge on any atom is -0.364 e. The van der Waals surface area contributed by atoms with E-state index >= 15 is 0 Å². The number of halogens is 1. The second-order valence-corrected chi connectivity index (χ2v) is 7.91. The van der Waals surface area contributed by atoms with Gasteiger partial charge in [0, 0.05) is 18.0 Å². The molecule has 1 aromatic carbocycles. The molecule has 0 saturated carbocycles. The van der Waals surface area contributed by atoms with Crippen molar-refractivity contribution in [2.45, 2.75) is 58.2 Å². The minimum absolute atomic E-state index is 0. The van der Waals surface area contributed by atoms with Crippen molar-refractivity contribution >= 4 is 24.1 Å². The molecule has 3 rings (SSSR count). The number of aryl methyl sites for hydroxylation is 1. The summed E-state index contributed by atoms with van der Waals surface area (Å²) in [6.07, 6.45) is 1.02. The van der Waals surface area contributed by atoms with Crippen molar-refractivity contribution < 1.29 is 9.53 Å².